The van der Waals surface area contributed by atoms with Crippen molar-refractivity contribution in [3.63, 3.8) is 0 Å². The number of carbonyl (C=O) groups is 1. The van der Waals surface area contributed by atoms with Gasteiger partial charge in [-0.1, -0.05) is 30.3 Å². The Morgan fingerprint density at radius 3 is 2.47 bits per heavy atom. The van der Waals surface area contributed by atoms with Gasteiger partial charge in [0.2, 0.25) is 5.91 Å². The maximum Gasteiger partial charge on any atom is 0.244 e. The number of hydrogen-bond donors (Lipinski definition) is 2. The molecule has 1 atom stereocenters. The molecule has 2 saturated heterocycles. The van der Waals surface area contributed by atoms with Gasteiger partial charge in [-0.3, -0.25) is 4.79 Å². The van der Waals surface area contributed by atoms with E-state index in [1.165, 1.54) is 5.56 Å². The molecule has 2 fully saturated rings. The van der Waals surface area contributed by atoms with E-state index in [2.05, 4.69) is 39.9 Å². The Balaban J connectivity index is 0.00000320. The van der Waals surface area contributed by atoms with E-state index in [1.54, 1.807) is 0 Å². The SMILES string of the molecule is CCNC(=NCC(=O)N1CCC(Cc2ccccc2)CC1)NC1CCS(=O)(=O)C1.I. The summed E-state index contributed by atoms with van der Waals surface area (Å²) in [5.41, 5.74) is 1.36. The molecule has 2 N–H and O–H groups in total. The van der Waals surface area contributed by atoms with Gasteiger partial charge in [0.25, 0.3) is 0 Å². The molecule has 1 aromatic rings. The van der Waals surface area contributed by atoms with Gasteiger partial charge in [-0.05, 0) is 44.1 Å². The zero-order chi connectivity index (χ0) is 20.7. The monoisotopic (exact) mass is 548 g/mol. The number of rotatable bonds is 6. The van der Waals surface area contributed by atoms with Crippen LogP contribution in [0.5, 0.6) is 0 Å². The van der Waals surface area contributed by atoms with E-state index < -0.39 is 9.84 Å². The van der Waals surface area contributed by atoms with Gasteiger partial charge in [-0.25, -0.2) is 13.4 Å². The summed E-state index contributed by atoms with van der Waals surface area (Å²) in [5.74, 6) is 1.50. The first kappa shape index (κ1) is 24.9. The summed E-state index contributed by atoms with van der Waals surface area (Å²) in [6, 6.07) is 10.4. The predicted octanol–water partition coefficient (Wildman–Crippen LogP) is 1.83. The van der Waals surface area contributed by atoms with E-state index in [-0.39, 0.29) is 54.0 Å². The second kappa shape index (κ2) is 11.9. The molecule has 2 aliphatic heterocycles. The van der Waals surface area contributed by atoms with E-state index in [1.807, 2.05) is 17.9 Å². The second-order valence-electron chi connectivity index (χ2n) is 7.95. The molecule has 1 amide bonds. The highest BCUT2D eigenvalue weighted by Gasteiger charge is 2.28. The fourth-order valence-electron chi connectivity index (χ4n) is 4.00. The maximum absolute atomic E-state index is 12.6. The van der Waals surface area contributed by atoms with Crippen LogP contribution in [0.4, 0.5) is 0 Å². The van der Waals surface area contributed by atoms with E-state index in [0.717, 1.165) is 32.4 Å². The third-order valence-electron chi connectivity index (χ3n) is 5.62. The number of aliphatic imine (C=N–C) groups is 1. The molecule has 2 aliphatic rings. The summed E-state index contributed by atoms with van der Waals surface area (Å²) in [6.45, 7) is 4.23. The highest BCUT2D eigenvalue weighted by Crippen LogP contribution is 2.21. The number of halogens is 1. The molecule has 0 bridgehead atoms. The summed E-state index contributed by atoms with van der Waals surface area (Å²) >= 11 is 0. The van der Waals surface area contributed by atoms with Gasteiger partial charge < -0.3 is 15.5 Å². The van der Waals surface area contributed by atoms with Gasteiger partial charge in [-0.15, -0.1) is 24.0 Å². The van der Waals surface area contributed by atoms with Crippen LogP contribution in [-0.2, 0) is 21.1 Å². The van der Waals surface area contributed by atoms with Gasteiger partial charge in [0.15, 0.2) is 15.8 Å². The molecule has 1 aromatic carbocycles. The standard InChI is InChI=1S/C21H32N4O3S.HI/c1-2-22-21(24-19-10-13-29(27,28)16-19)23-15-20(26)25-11-8-18(9-12-25)14-17-6-4-3-5-7-17;/h3-7,18-19H,2,8-16H2,1H3,(H2,22,23,24);1H. The lowest BCUT2D eigenvalue weighted by atomic mass is 9.90. The molecular weight excluding hydrogens is 515 g/mol. The minimum Gasteiger partial charge on any atom is -0.357 e. The third kappa shape index (κ3) is 7.72. The van der Waals surface area contributed by atoms with Crippen LogP contribution in [-0.4, -0.2) is 68.9 Å². The van der Waals surface area contributed by atoms with Crippen molar-refractivity contribution < 1.29 is 13.2 Å². The first-order valence-electron chi connectivity index (χ1n) is 10.5. The topological polar surface area (TPSA) is 90.9 Å². The Hall–Kier alpha value is -1.36. The molecule has 1 unspecified atom stereocenters. The molecule has 0 aliphatic carbocycles. The smallest absolute Gasteiger partial charge is 0.244 e. The first-order valence-corrected chi connectivity index (χ1v) is 12.3. The van der Waals surface area contributed by atoms with Crippen LogP contribution in [0.25, 0.3) is 0 Å². The highest BCUT2D eigenvalue weighted by atomic mass is 127. The maximum atomic E-state index is 12.6. The number of guanidine groups is 1. The van der Waals surface area contributed by atoms with Crippen molar-refractivity contribution in [3.8, 4) is 0 Å². The normalized spacial score (nSPS) is 21.7. The van der Waals surface area contributed by atoms with Gasteiger partial charge in [-0.2, -0.15) is 0 Å². The Morgan fingerprint density at radius 1 is 1.17 bits per heavy atom. The van der Waals surface area contributed by atoms with Crippen molar-refractivity contribution in [1.29, 1.82) is 0 Å². The summed E-state index contributed by atoms with van der Waals surface area (Å²) in [6.07, 6.45) is 3.68. The Morgan fingerprint density at radius 2 is 1.87 bits per heavy atom. The lowest BCUT2D eigenvalue weighted by Gasteiger charge is -2.32. The van der Waals surface area contributed by atoms with Crippen molar-refractivity contribution in [3.05, 3.63) is 35.9 Å². The van der Waals surface area contributed by atoms with Crippen LogP contribution in [0.2, 0.25) is 0 Å². The summed E-state index contributed by atoms with van der Waals surface area (Å²) in [4.78, 5) is 18.9. The first-order chi connectivity index (χ1) is 13.9. The number of likely N-dealkylation sites (tertiary alicyclic amines) is 1. The van der Waals surface area contributed by atoms with Crippen molar-refractivity contribution in [2.45, 2.75) is 38.6 Å². The van der Waals surface area contributed by atoms with Crippen molar-refractivity contribution >= 4 is 45.7 Å². The number of hydrogen-bond acceptors (Lipinski definition) is 4. The number of piperidine rings is 1. The van der Waals surface area contributed by atoms with Crippen molar-refractivity contribution in [1.82, 2.24) is 15.5 Å². The lowest BCUT2D eigenvalue weighted by Crippen LogP contribution is -2.45. The summed E-state index contributed by atoms with van der Waals surface area (Å²) in [7, 11) is -2.95. The fraction of sp³-hybridized carbons (Fsp3) is 0.619. The van der Waals surface area contributed by atoms with Crippen molar-refractivity contribution in [2.24, 2.45) is 10.9 Å². The molecule has 3 rings (SSSR count). The molecule has 2 heterocycles. The van der Waals surface area contributed by atoms with E-state index >= 15 is 0 Å². The molecule has 0 aromatic heterocycles. The Kier molecular flexibility index (Phi) is 9.86. The minimum atomic E-state index is -2.95. The fourth-order valence-corrected chi connectivity index (χ4v) is 5.68. The number of carbonyl (C=O) groups excluding carboxylic acids is 1. The third-order valence-corrected chi connectivity index (χ3v) is 7.39. The molecule has 0 saturated carbocycles. The largest absolute Gasteiger partial charge is 0.357 e. The Bertz CT molecular complexity index is 809. The van der Waals surface area contributed by atoms with Crippen LogP contribution in [0.3, 0.4) is 0 Å². The molecule has 30 heavy (non-hydrogen) atoms. The van der Waals surface area contributed by atoms with Gasteiger partial charge in [0.1, 0.15) is 6.54 Å². The van der Waals surface area contributed by atoms with Crippen molar-refractivity contribution in [2.75, 3.05) is 37.7 Å². The van der Waals surface area contributed by atoms with Crippen LogP contribution >= 0.6 is 24.0 Å². The van der Waals surface area contributed by atoms with Gasteiger partial charge in [0, 0.05) is 25.7 Å². The molecule has 168 valence electrons. The quantitative estimate of drug-likeness (QED) is 0.322. The van der Waals surface area contributed by atoms with Gasteiger partial charge in [0.05, 0.1) is 11.5 Å². The average molecular weight is 548 g/mol. The minimum absolute atomic E-state index is 0. The van der Waals surface area contributed by atoms with E-state index in [4.69, 9.17) is 0 Å². The zero-order valence-electron chi connectivity index (χ0n) is 17.5. The lowest BCUT2D eigenvalue weighted by molar-refractivity contribution is -0.130. The van der Waals surface area contributed by atoms with Gasteiger partial charge >= 0.3 is 0 Å². The number of sulfone groups is 1. The number of nitrogens with one attached hydrogen (secondary N) is 2. The number of benzene rings is 1. The molecular formula is C21H33IN4O3S. The summed E-state index contributed by atoms with van der Waals surface area (Å²) < 4.78 is 23.3. The van der Waals surface area contributed by atoms with Crippen LogP contribution in [0.1, 0.15) is 31.7 Å². The molecule has 9 heteroatoms. The van der Waals surface area contributed by atoms with E-state index in [0.29, 0.717) is 24.8 Å². The van der Waals surface area contributed by atoms with Crippen LogP contribution in [0.15, 0.2) is 35.3 Å². The number of nitrogens with zero attached hydrogens (tertiary/aromatic N) is 2. The zero-order valence-corrected chi connectivity index (χ0v) is 20.7. The molecule has 0 radical (unpaired) electrons. The Labute approximate surface area is 197 Å². The highest BCUT2D eigenvalue weighted by molar-refractivity contribution is 14.0. The average Bonchev–Trinajstić information content (AvgIpc) is 3.05. The van der Waals surface area contributed by atoms with Crippen LogP contribution in [0, 0.1) is 5.92 Å². The number of amides is 1. The van der Waals surface area contributed by atoms with E-state index in [9.17, 15) is 13.2 Å². The van der Waals surface area contributed by atoms with Crippen LogP contribution < -0.4 is 10.6 Å². The second-order valence-corrected chi connectivity index (χ2v) is 10.2. The predicted molar refractivity (Wildman–Crippen MR) is 131 cm³/mol. The molecule has 0 spiro atoms. The summed E-state index contributed by atoms with van der Waals surface area (Å²) in [5, 5.41) is 6.26. The molecule has 7 nitrogen and oxygen atoms in total.